The van der Waals surface area contributed by atoms with Crippen LogP contribution >= 0.6 is 34.8 Å². The molecule has 4 nitrogen and oxygen atoms in total. The lowest BCUT2D eigenvalue weighted by Gasteiger charge is -2.16. The van der Waals surface area contributed by atoms with Crippen LogP contribution in [-0.2, 0) is 19.1 Å². The Kier molecular flexibility index (Phi) is 7.99. The van der Waals surface area contributed by atoms with E-state index in [9.17, 15) is 9.59 Å². The van der Waals surface area contributed by atoms with Crippen molar-refractivity contribution < 1.29 is 19.1 Å². The molecule has 0 aromatic heterocycles. The third-order valence-electron chi connectivity index (χ3n) is 2.19. The first-order valence-electron chi connectivity index (χ1n) is 5.53. The summed E-state index contributed by atoms with van der Waals surface area (Å²) in [5.41, 5.74) is 0. The number of halogens is 3. The Balaban J connectivity index is 3.82. The second-order valence-electron chi connectivity index (χ2n) is 4.21. The standard InChI is InChI=1S/C11H17Cl3O4/c1-7(2)8(3)18-10(16)5-4-9(15)17-6-11(12,13)14/h7-8H,4-6H2,1-3H3. The lowest BCUT2D eigenvalue weighted by Crippen LogP contribution is -2.21. The van der Waals surface area contributed by atoms with Crippen molar-refractivity contribution in [3.8, 4) is 0 Å². The van der Waals surface area contributed by atoms with E-state index in [-0.39, 0.29) is 31.5 Å². The monoisotopic (exact) mass is 318 g/mol. The van der Waals surface area contributed by atoms with Gasteiger partial charge in [0.05, 0.1) is 12.8 Å². The minimum Gasteiger partial charge on any atom is -0.462 e. The van der Waals surface area contributed by atoms with E-state index in [4.69, 9.17) is 39.5 Å². The minimum atomic E-state index is -1.64. The Morgan fingerprint density at radius 1 is 1.06 bits per heavy atom. The molecule has 0 aliphatic rings. The molecule has 0 spiro atoms. The van der Waals surface area contributed by atoms with E-state index < -0.39 is 15.7 Å². The molecule has 0 rings (SSSR count). The second-order valence-corrected chi connectivity index (χ2v) is 6.73. The molecular formula is C11H17Cl3O4. The lowest BCUT2D eigenvalue weighted by atomic mass is 10.1. The number of alkyl halides is 3. The Bertz CT molecular complexity index is 287. The molecule has 0 aromatic carbocycles. The van der Waals surface area contributed by atoms with Crippen molar-refractivity contribution in [3.63, 3.8) is 0 Å². The fraction of sp³-hybridized carbons (Fsp3) is 0.818. The average Bonchev–Trinajstić information content (AvgIpc) is 2.22. The van der Waals surface area contributed by atoms with E-state index in [2.05, 4.69) is 4.74 Å². The van der Waals surface area contributed by atoms with Gasteiger partial charge in [0.1, 0.15) is 12.7 Å². The first kappa shape index (κ1) is 17.8. The molecule has 0 saturated heterocycles. The summed E-state index contributed by atoms with van der Waals surface area (Å²) in [6.45, 7) is 5.33. The molecule has 0 aliphatic carbocycles. The summed E-state index contributed by atoms with van der Waals surface area (Å²) < 4.78 is 8.11. The van der Waals surface area contributed by atoms with Gasteiger partial charge in [-0.15, -0.1) is 0 Å². The van der Waals surface area contributed by atoms with E-state index in [1.54, 1.807) is 6.92 Å². The summed E-state index contributed by atoms with van der Waals surface area (Å²) in [4.78, 5) is 22.6. The molecule has 0 heterocycles. The van der Waals surface area contributed by atoms with Crippen molar-refractivity contribution in [3.05, 3.63) is 0 Å². The molecule has 18 heavy (non-hydrogen) atoms. The molecule has 106 valence electrons. The Labute approximate surface area is 122 Å². The van der Waals surface area contributed by atoms with Crippen LogP contribution in [0.4, 0.5) is 0 Å². The van der Waals surface area contributed by atoms with Crippen LogP contribution in [0.2, 0.25) is 0 Å². The van der Waals surface area contributed by atoms with Gasteiger partial charge in [-0.05, 0) is 12.8 Å². The van der Waals surface area contributed by atoms with Crippen LogP contribution in [-0.4, -0.2) is 28.4 Å². The number of esters is 2. The van der Waals surface area contributed by atoms with Crippen molar-refractivity contribution in [1.82, 2.24) is 0 Å². The summed E-state index contributed by atoms with van der Waals surface area (Å²) in [7, 11) is 0. The van der Waals surface area contributed by atoms with Gasteiger partial charge in [-0.3, -0.25) is 9.59 Å². The predicted molar refractivity (Wildman–Crippen MR) is 70.9 cm³/mol. The second kappa shape index (κ2) is 8.08. The molecule has 0 N–H and O–H groups in total. The number of ether oxygens (including phenoxy) is 2. The minimum absolute atomic E-state index is 0.0459. The maximum absolute atomic E-state index is 11.4. The van der Waals surface area contributed by atoms with Crippen molar-refractivity contribution in [1.29, 1.82) is 0 Å². The van der Waals surface area contributed by atoms with Crippen molar-refractivity contribution in [2.45, 2.75) is 43.5 Å². The molecule has 0 bridgehead atoms. The summed E-state index contributed by atoms with van der Waals surface area (Å²) in [5, 5.41) is 0. The van der Waals surface area contributed by atoms with Crippen LogP contribution in [0, 0.1) is 5.92 Å². The van der Waals surface area contributed by atoms with Gasteiger partial charge < -0.3 is 9.47 Å². The van der Waals surface area contributed by atoms with Crippen LogP contribution in [0.5, 0.6) is 0 Å². The maximum Gasteiger partial charge on any atom is 0.306 e. The van der Waals surface area contributed by atoms with Crippen molar-refractivity contribution in [2.24, 2.45) is 5.92 Å². The zero-order valence-corrected chi connectivity index (χ0v) is 12.8. The molecular weight excluding hydrogens is 302 g/mol. The van der Waals surface area contributed by atoms with Crippen LogP contribution in [0.15, 0.2) is 0 Å². The van der Waals surface area contributed by atoms with Crippen LogP contribution in [0.1, 0.15) is 33.6 Å². The van der Waals surface area contributed by atoms with Crippen LogP contribution in [0.25, 0.3) is 0 Å². The fourth-order valence-corrected chi connectivity index (χ4v) is 1.00. The first-order chi connectivity index (χ1) is 8.11. The number of hydrogen-bond donors (Lipinski definition) is 0. The molecule has 0 radical (unpaired) electrons. The summed E-state index contributed by atoms with van der Waals surface area (Å²) in [6, 6.07) is 0. The molecule has 0 aliphatic heterocycles. The fourth-order valence-electron chi connectivity index (χ4n) is 0.841. The third-order valence-corrected chi connectivity index (χ3v) is 2.51. The SMILES string of the molecule is CC(C)C(C)OC(=O)CCC(=O)OCC(Cl)(Cl)Cl. The molecule has 1 unspecified atom stereocenters. The van der Waals surface area contributed by atoms with E-state index in [0.717, 1.165) is 0 Å². The number of carbonyl (C=O) groups excluding carboxylic acids is 2. The highest BCUT2D eigenvalue weighted by Gasteiger charge is 2.22. The first-order valence-corrected chi connectivity index (χ1v) is 6.67. The van der Waals surface area contributed by atoms with Crippen LogP contribution in [0.3, 0.4) is 0 Å². The average molecular weight is 320 g/mol. The third kappa shape index (κ3) is 9.80. The molecule has 1 atom stereocenters. The summed E-state index contributed by atoms with van der Waals surface area (Å²) >= 11 is 16.2. The zero-order chi connectivity index (χ0) is 14.3. The lowest BCUT2D eigenvalue weighted by molar-refractivity contribution is -0.154. The molecule has 0 amide bonds. The van der Waals surface area contributed by atoms with Gasteiger partial charge in [0.25, 0.3) is 0 Å². The van der Waals surface area contributed by atoms with E-state index in [1.165, 1.54) is 0 Å². The predicted octanol–water partition coefficient (Wildman–Crippen LogP) is 3.27. The van der Waals surface area contributed by atoms with Gasteiger partial charge in [-0.25, -0.2) is 0 Å². The zero-order valence-electron chi connectivity index (χ0n) is 10.5. The van der Waals surface area contributed by atoms with Gasteiger partial charge in [0.2, 0.25) is 3.79 Å². The number of hydrogen-bond acceptors (Lipinski definition) is 4. The summed E-state index contributed by atoms with van der Waals surface area (Å²) in [6.07, 6.45) is -0.324. The smallest absolute Gasteiger partial charge is 0.306 e. The van der Waals surface area contributed by atoms with Gasteiger partial charge >= 0.3 is 11.9 Å². The van der Waals surface area contributed by atoms with Crippen LogP contribution < -0.4 is 0 Å². The Hall–Kier alpha value is -0.190. The summed E-state index contributed by atoms with van der Waals surface area (Å²) in [5.74, 6) is -0.817. The maximum atomic E-state index is 11.4. The van der Waals surface area contributed by atoms with Crippen molar-refractivity contribution >= 4 is 46.7 Å². The largest absolute Gasteiger partial charge is 0.462 e. The van der Waals surface area contributed by atoms with Crippen molar-refractivity contribution in [2.75, 3.05) is 6.61 Å². The van der Waals surface area contributed by atoms with E-state index >= 15 is 0 Å². The van der Waals surface area contributed by atoms with Gasteiger partial charge in [-0.2, -0.15) is 0 Å². The van der Waals surface area contributed by atoms with Gasteiger partial charge in [0.15, 0.2) is 0 Å². The van der Waals surface area contributed by atoms with E-state index in [1.807, 2.05) is 13.8 Å². The molecule has 0 aromatic rings. The Morgan fingerprint density at radius 2 is 1.56 bits per heavy atom. The number of rotatable bonds is 6. The molecule has 0 fully saturated rings. The normalized spacial score (nSPS) is 13.3. The molecule has 0 saturated carbocycles. The van der Waals surface area contributed by atoms with Gasteiger partial charge in [0, 0.05) is 0 Å². The quantitative estimate of drug-likeness (QED) is 0.557. The Morgan fingerprint density at radius 3 is 2.00 bits per heavy atom. The highest BCUT2D eigenvalue weighted by molar-refractivity contribution is 6.67. The van der Waals surface area contributed by atoms with Gasteiger partial charge in [-0.1, -0.05) is 48.7 Å². The van der Waals surface area contributed by atoms with E-state index in [0.29, 0.717) is 0 Å². The highest BCUT2D eigenvalue weighted by atomic mass is 35.6. The topological polar surface area (TPSA) is 52.6 Å². The molecule has 7 heteroatoms. The highest BCUT2D eigenvalue weighted by Crippen LogP contribution is 2.26. The number of carbonyl (C=O) groups is 2.